The van der Waals surface area contributed by atoms with Crippen LogP contribution in [0.4, 0.5) is 0 Å². The third-order valence-corrected chi connectivity index (χ3v) is 4.38. The van der Waals surface area contributed by atoms with Gasteiger partial charge >= 0.3 is 0 Å². The Morgan fingerprint density at radius 3 is 2.35 bits per heavy atom. The molecule has 1 aliphatic heterocycles. The Morgan fingerprint density at radius 2 is 1.71 bits per heavy atom. The molecule has 0 radical (unpaired) electrons. The van der Waals surface area contributed by atoms with Crippen LogP contribution in [0.25, 0.3) is 0 Å². The highest BCUT2D eigenvalue weighted by Crippen LogP contribution is 2.28. The predicted molar refractivity (Wildman–Crippen MR) is 74.3 cm³/mol. The molecule has 1 saturated heterocycles. The highest BCUT2D eigenvalue weighted by molar-refractivity contribution is 4.84. The molecule has 0 aromatic carbocycles. The maximum absolute atomic E-state index is 3.46. The molecular formula is C15H30N2. The Hall–Kier alpha value is -0.0800. The van der Waals surface area contributed by atoms with Gasteiger partial charge in [0, 0.05) is 6.04 Å². The van der Waals surface area contributed by atoms with Crippen LogP contribution in [0.2, 0.25) is 0 Å². The zero-order chi connectivity index (χ0) is 11.9. The van der Waals surface area contributed by atoms with E-state index in [1.54, 1.807) is 0 Å². The minimum Gasteiger partial charge on any atom is -0.317 e. The molecule has 0 unspecified atom stereocenters. The van der Waals surface area contributed by atoms with Crippen LogP contribution in [-0.4, -0.2) is 37.1 Å². The normalized spacial score (nSPS) is 22.2. The summed E-state index contributed by atoms with van der Waals surface area (Å²) in [6.45, 7) is 7.54. The third-order valence-electron chi connectivity index (χ3n) is 4.38. The van der Waals surface area contributed by atoms with Gasteiger partial charge in [-0.1, -0.05) is 13.3 Å². The van der Waals surface area contributed by atoms with Crippen LogP contribution in [-0.2, 0) is 0 Å². The fourth-order valence-corrected chi connectivity index (χ4v) is 3.03. The fraction of sp³-hybridized carbons (Fsp3) is 1.00. The molecule has 1 heterocycles. The van der Waals surface area contributed by atoms with Crippen molar-refractivity contribution < 1.29 is 0 Å². The van der Waals surface area contributed by atoms with Gasteiger partial charge in [-0.2, -0.15) is 0 Å². The Morgan fingerprint density at radius 1 is 1.00 bits per heavy atom. The first-order chi connectivity index (χ1) is 8.40. The van der Waals surface area contributed by atoms with Crippen LogP contribution in [0, 0.1) is 5.92 Å². The summed E-state index contributed by atoms with van der Waals surface area (Å²) in [6, 6.07) is 0.967. The van der Waals surface area contributed by atoms with E-state index >= 15 is 0 Å². The molecule has 2 fully saturated rings. The van der Waals surface area contributed by atoms with Crippen LogP contribution in [0.1, 0.15) is 58.3 Å². The number of nitrogens with one attached hydrogen (secondary N) is 1. The van der Waals surface area contributed by atoms with Gasteiger partial charge in [-0.25, -0.2) is 0 Å². The molecule has 0 amide bonds. The van der Waals surface area contributed by atoms with Crippen LogP contribution < -0.4 is 5.32 Å². The molecule has 2 aliphatic rings. The number of nitrogens with zero attached hydrogens (tertiary/aromatic N) is 1. The van der Waals surface area contributed by atoms with E-state index in [0.29, 0.717) is 0 Å². The van der Waals surface area contributed by atoms with E-state index in [0.717, 1.165) is 12.0 Å². The maximum atomic E-state index is 3.46. The average Bonchev–Trinajstić information content (AvgIpc) is 3.19. The molecule has 100 valence electrons. The lowest BCUT2D eigenvalue weighted by Gasteiger charge is -2.25. The van der Waals surface area contributed by atoms with Gasteiger partial charge in [0.1, 0.15) is 0 Å². The maximum Gasteiger partial charge on any atom is 0.00964 e. The van der Waals surface area contributed by atoms with Crippen molar-refractivity contribution in [1.82, 2.24) is 10.2 Å². The van der Waals surface area contributed by atoms with Crippen LogP contribution >= 0.6 is 0 Å². The summed E-state index contributed by atoms with van der Waals surface area (Å²) in [5, 5.41) is 3.46. The lowest BCUT2D eigenvalue weighted by atomic mass is 9.93. The molecule has 0 bridgehead atoms. The van der Waals surface area contributed by atoms with Gasteiger partial charge in [-0.05, 0) is 77.0 Å². The van der Waals surface area contributed by atoms with Crippen molar-refractivity contribution in [2.75, 3.05) is 26.2 Å². The van der Waals surface area contributed by atoms with Crippen molar-refractivity contribution in [2.24, 2.45) is 5.92 Å². The minimum atomic E-state index is 0.967. The van der Waals surface area contributed by atoms with Crippen LogP contribution in [0.5, 0.6) is 0 Å². The van der Waals surface area contributed by atoms with E-state index in [4.69, 9.17) is 0 Å². The first-order valence-corrected chi connectivity index (χ1v) is 7.85. The number of rotatable bonds is 8. The zero-order valence-electron chi connectivity index (χ0n) is 11.6. The van der Waals surface area contributed by atoms with Gasteiger partial charge in [0.25, 0.3) is 0 Å². The predicted octanol–water partition coefficient (Wildman–Crippen LogP) is 3.03. The monoisotopic (exact) mass is 238 g/mol. The summed E-state index contributed by atoms with van der Waals surface area (Å²) < 4.78 is 0. The van der Waals surface area contributed by atoms with Gasteiger partial charge in [0.05, 0.1) is 0 Å². The molecule has 2 nitrogen and oxygen atoms in total. The molecule has 1 saturated carbocycles. The van der Waals surface area contributed by atoms with Crippen LogP contribution in [0.15, 0.2) is 0 Å². The fourth-order valence-electron chi connectivity index (χ4n) is 3.03. The van der Waals surface area contributed by atoms with Crippen molar-refractivity contribution in [3.8, 4) is 0 Å². The second-order valence-corrected chi connectivity index (χ2v) is 5.96. The number of hydrogen-bond acceptors (Lipinski definition) is 2. The van der Waals surface area contributed by atoms with E-state index in [9.17, 15) is 0 Å². The number of piperidine rings is 1. The molecule has 0 spiro atoms. The quantitative estimate of drug-likeness (QED) is 0.699. The lowest BCUT2D eigenvalue weighted by Crippen LogP contribution is -2.30. The van der Waals surface area contributed by atoms with Crippen molar-refractivity contribution in [3.63, 3.8) is 0 Å². The molecular weight excluding hydrogens is 208 g/mol. The SMILES string of the molecule is CCCCN(CCCC1CCNCC1)C1CC1. The van der Waals surface area contributed by atoms with Gasteiger partial charge in [-0.3, -0.25) is 0 Å². The summed E-state index contributed by atoms with van der Waals surface area (Å²) in [7, 11) is 0. The zero-order valence-corrected chi connectivity index (χ0v) is 11.6. The van der Waals surface area contributed by atoms with Crippen LogP contribution in [0.3, 0.4) is 0 Å². The highest BCUT2D eigenvalue weighted by atomic mass is 15.2. The minimum absolute atomic E-state index is 0.967. The largest absolute Gasteiger partial charge is 0.317 e. The van der Waals surface area contributed by atoms with Gasteiger partial charge in [0.15, 0.2) is 0 Å². The van der Waals surface area contributed by atoms with E-state index in [1.807, 2.05) is 0 Å². The summed E-state index contributed by atoms with van der Waals surface area (Å²) in [4.78, 5) is 2.77. The van der Waals surface area contributed by atoms with E-state index in [-0.39, 0.29) is 0 Å². The third kappa shape index (κ3) is 4.97. The molecule has 0 atom stereocenters. The smallest absolute Gasteiger partial charge is 0.00964 e. The Labute approximate surface area is 107 Å². The molecule has 1 N–H and O–H groups in total. The Kier molecular flexibility index (Phi) is 5.79. The topological polar surface area (TPSA) is 15.3 Å². The second kappa shape index (κ2) is 7.38. The van der Waals surface area contributed by atoms with Crippen molar-refractivity contribution in [1.29, 1.82) is 0 Å². The first-order valence-electron chi connectivity index (χ1n) is 7.85. The van der Waals surface area contributed by atoms with E-state index < -0.39 is 0 Å². The van der Waals surface area contributed by atoms with Crippen molar-refractivity contribution in [3.05, 3.63) is 0 Å². The summed E-state index contributed by atoms with van der Waals surface area (Å²) in [5.74, 6) is 1.02. The Bertz CT molecular complexity index is 195. The molecule has 17 heavy (non-hydrogen) atoms. The first kappa shape index (κ1) is 13.4. The van der Waals surface area contributed by atoms with E-state index in [2.05, 4.69) is 17.1 Å². The number of unbranched alkanes of at least 4 members (excludes halogenated alkanes) is 1. The van der Waals surface area contributed by atoms with Gasteiger partial charge in [-0.15, -0.1) is 0 Å². The van der Waals surface area contributed by atoms with Gasteiger partial charge < -0.3 is 10.2 Å². The van der Waals surface area contributed by atoms with Crippen molar-refractivity contribution in [2.45, 2.75) is 64.3 Å². The second-order valence-electron chi connectivity index (χ2n) is 5.96. The average molecular weight is 238 g/mol. The van der Waals surface area contributed by atoms with Gasteiger partial charge in [0.2, 0.25) is 0 Å². The van der Waals surface area contributed by atoms with E-state index in [1.165, 1.54) is 77.5 Å². The summed E-state index contributed by atoms with van der Waals surface area (Å²) in [5.41, 5.74) is 0. The molecule has 2 heteroatoms. The Balaban J connectivity index is 1.57. The molecule has 0 aromatic rings. The number of hydrogen-bond donors (Lipinski definition) is 1. The summed E-state index contributed by atoms with van der Waals surface area (Å²) in [6.07, 6.45) is 11.4. The van der Waals surface area contributed by atoms with Crippen molar-refractivity contribution >= 4 is 0 Å². The molecule has 2 rings (SSSR count). The standard InChI is InChI=1S/C15H30N2/c1-2-3-12-17(15-6-7-15)13-4-5-14-8-10-16-11-9-14/h14-16H,2-13H2,1H3. The molecule has 1 aliphatic carbocycles. The lowest BCUT2D eigenvalue weighted by molar-refractivity contribution is 0.239. The summed E-state index contributed by atoms with van der Waals surface area (Å²) >= 11 is 0. The highest BCUT2D eigenvalue weighted by Gasteiger charge is 2.28. The molecule has 0 aromatic heterocycles.